The summed E-state index contributed by atoms with van der Waals surface area (Å²) in [5, 5.41) is 12.2. The Morgan fingerprint density at radius 3 is 2.66 bits per heavy atom. The summed E-state index contributed by atoms with van der Waals surface area (Å²) in [6.07, 6.45) is 0.0882. The van der Waals surface area contributed by atoms with E-state index in [1.165, 1.54) is 0 Å². The predicted octanol–water partition coefficient (Wildman–Crippen LogP) is 1.84. The average molecular weight is 494 g/mol. The van der Waals surface area contributed by atoms with Crippen LogP contribution in [0.15, 0.2) is 29.1 Å². The normalized spacial score (nSPS) is 18.6. The molecule has 10 heteroatoms. The van der Waals surface area contributed by atoms with Crippen LogP contribution in [0.2, 0.25) is 19.6 Å². The minimum atomic E-state index is -1.97. The van der Waals surface area contributed by atoms with Crippen molar-refractivity contribution in [2.24, 2.45) is 5.73 Å². The number of carbonyl (C=O) groups excluding carboxylic acids is 2. The monoisotopic (exact) mass is 493 g/mol. The van der Waals surface area contributed by atoms with E-state index >= 15 is 0 Å². The maximum Gasteiger partial charge on any atom is 0.355 e. The van der Waals surface area contributed by atoms with Crippen LogP contribution in [-0.2, 0) is 37.8 Å². The molecule has 5 rings (SSSR count). The number of aromatic hydroxyl groups is 1. The first kappa shape index (κ1) is 23.2. The SMILES string of the molecule is CC[C@@]1(OC(=O)CN)C(=O)OCc2c1cc1n(c2=O)Cc2c-1nc1ccc(O)cc1c2[Si](C)(C)C. The number of benzene rings is 1. The number of hydrogen-bond donors (Lipinski definition) is 2. The minimum absolute atomic E-state index is 0.0882. The lowest BCUT2D eigenvalue weighted by atomic mass is 9.85. The van der Waals surface area contributed by atoms with E-state index in [0.29, 0.717) is 29.0 Å². The van der Waals surface area contributed by atoms with Gasteiger partial charge in [-0.2, -0.15) is 0 Å². The molecule has 9 nitrogen and oxygen atoms in total. The molecule has 3 aromatic rings. The van der Waals surface area contributed by atoms with Gasteiger partial charge in [-0.25, -0.2) is 9.78 Å². The molecule has 2 aliphatic heterocycles. The lowest BCUT2D eigenvalue weighted by Crippen LogP contribution is -2.48. The van der Waals surface area contributed by atoms with Crippen LogP contribution in [-0.4, -0.2) is 41.2 Å². The number of esters is 2. The Morgan fingerprint density at radius 1 is 1.26 bits per heavy atom. The molecule has 0 spiro atoms. The van der Waals surface area contributed by atoms with Crippen molar-refractivity contribution in [1.82, 2.24) is 9.55 Å². The second-order valence-electron chi connectivity index (χ2n) is 10.0. The van der Waals surface area contributed by atoms with Crippen molar-refractivity contribution in [3.05, 3.63) is 51.3 Å². The summed E-state index contributed by atoms with van der Waals surface area (Å²) < 4.78 is 12.5. The number of rotatable bonds is 4. The van der Waals surface area contributed by atoms with Gasteiger partial charge in [0.05, 0.1) is 43.6 Å². The number of pyridine rings is 2. The standard InChI is InChI=1S/C25H27N3O6Si/c1-5-25(34-20(30)10-26)17-9-19-21-15(11-28(19)23(31)16(17)12-33-24(25)32)22(35(2,3)4)14-8-13(29)6-7-18(14)27-21/h6-9,29H,5,10-12,26H2,1-4H3/t25-/m0/s1. The molecule has 0 amide bonds. The molecule has 0 saturated heterocycles. The summed E-state index contributed by atoms with van der Waals surface area (Å²) >= 11 is 0. The van der Waals surface area contributed by atoms with Crippen molar-refractivity contribution in [1.29, 1.82) is 0 Å². The molecule has 2 aromatic heterocycles. The van der Waals surface area contributed by atoms with E-state index in [4.69, 9.17) is 20.2 Å². The summed E-state index contributed by atoms with van der Waals surface area (Å²) in [5.41, 5.74) is 6.89. The largest absolute Gasteiger partial charge is 0.508 e. The van der Waals surface area contributed by atoms with Crippen molar-refractivity contribution in [3.8, 4) is 17.1 Å². The highest BCUT2D eigenvalue weighted by molar-refractivity contribution is 6.90. The number of hydrogen-bond acceptors (Lipinski definition) is 8. The Hall–Kier alpha value is -3.50. The van der Waals surface area contributed by atoms with E-state index in [0.717, 1.165) is 16.1 Å². The summed E-state index contributed by atoms with van der Waals surface area (Å²) in [4.78, 5) is 43.7. The van der Waals surface area contributed by atoms with Crippen LogP contribution in [0, 0.1) is 0 Å². The second-order valence-corrected chi connectivity index (χ2v) is 15.0. The van der Waals surface area contributed by atoms with Gasteiger partial charge in [0.2, 0.25) is 5.60 Å². The third-order valence-corrected chi connectivity index (χ3v) is 8.91. The smallest absolute Gasteiger partial charge is 0.355 e. The molecule has 0 radical (unpaired) electrons. The van der Waals surface area contributed by atoms with E-state index in [1.807, 2.05) is 0 Å². The van der Waals surface area contributed by atoms with Crippen LogP contribution >= 0.6 is 0 Å². The number of fused-ring (bicyclic) bond motifs is 5. The van der Waals surface area contributed by atoms with Gasteiger partial charge in [0, 0.05) is 10.9 Å². The fourth-order valence-electron chi connectivity index (χ4n) is 5.32. The van der Waals surface area contributed by atoms with E-state index in [1.54, 1.807) is 35.8 Å². The predicted molar refractivity (Wildman–Crippen MR) is 132 cm³/mol. The molecule has 2 aliphatic rings. The highest BCUT2D eigenvalue weighted by Crippen LogP contribution is 2.41. The fraction of sp³-hybridized carbons (Fsp3) is 0.360. The molecule has 1 atom stereocenters. The number of aromatic nitrogens is 2. The van der Waals surface area contributed by atoms with Gasteiger partial charge in [0.25, 0.3) is 5.56 Å². The third kappa shape index (κ3) is 3.31. The Bertz CT molecular complexity index is 1490. The fourth-order valence-corrected chi connectivity index (χ4v) is 7.43. The highest BCUT2D eigenvalue weighted by atomic mass is 28.3. The molecule has 0 bridgehead atoms. The Balaban J connectivity index is 1.83. The van der Waals surface area contributed by atoms with E-state index < -0.39 is 32.2 Å². The van der Waals surface area contributed by atoms with Gasteiger partial charge in [-0.3, -0.25) is 9.59 Å². The number of phenols is 1. The lowest BCUT2D eigenvalue weighted by Gasteiger charge is -2.35. The maximum absolute atomic E-state index is 13.7. The number of cyclic esters (lactones) is 1. The maximum atomic E-state index is 13.7. The molecular weight excluding hydrogens is 466 g/mol. The number of nitrogens with zero attached hydrogens (tertiary/aromatic N) is 2. The molecular formula is C25H27N3O6Si. The number of carbonyl (C=O) groups is 2. The number of phenolic OH excluding ortho intramolecular Hbond substituents is 1. The van der Waals surface area contributed by atoms with Crippen LogP contribution in [0.3, 0.4) is 0 Å². The van der Waals surface area contributed by atoms with Crippen molar-refractivity contribution in [2.75, 3.05) is 6.54 Å². The Kier molecular flexibility index (Phi) is 5.15. The average Bonchev–Trinajstić information content (AvgIpc) is 3.16. The van der Waals surface area contributed by atoms with E-state index in [2.05, 4.69) is 19.6 Å². The van der Waals surface area contributed by atoms with Crippen LogP contribution in [0.25, 0.3) is 22.3 Å². The molecule has 0 aliphatic carbocycles. The quantitative estimate of drug-likeness (QED) is 0.325. The zero-order valence-corrected chi connectivity index (χ0v) is 21.1. The first-order valence-electron chi connectivity index (χ1n) is 11.5. The molecule has 3 N–H and O–H groups in total. The zero-order chi connectivity index (χ0) is 25.3. The third-order valence-electron chi connectivity index (χ3n) is 6.84. The summed E-state index contributed by atoms with van der Waals surface area (Å²) in [6, 6.07) is 6.83. The summed E-state index contributed by atoms with van der Waals surface area (Å²) in [5.74, 6) is -1.32. The first-order valence-corrected chi connectivity index (χ1v) is 15.0. The highest BCUT2D eigenvalue weighted by Gasteiger charge is 2.50. The number of ether oxygens (including phenoxy) is 2. The first-order chi connectivity index (χ1) is 16.5. The summed E-state index contributed by atoms with van der Waals surface area (Å²) in [7, 11) is -1.97. The van der Waals surface area contributed by atoms with E-state index in [9.17, 15) is 19.5 Å². The van der Waals surface area contributed by atoms with Crippen molar-refractivity contribution < 1.29 is 24.2 Å². The molecule has 35 heavy (non-hydrogen) atoms. The van der Waals surface area contributed by atoms with Gasteiger partial charge < -0.3 is 24.9 Å². The molecule has 0 unspecified atom stereocenters. The zero-order valence-electron chi connectivity index (χ0n) is 20.1. The van der Waals surface area contributed by atoms with Gasteiger partial charge in [-0.1, -0.05) is 26.6 Å². The van der Waals surface area contributed by atoms with E-state index in [-0.39, 0.29) is 29.9 Å². The minimum Gasteiger partial charge on any atom is -0.508 e. The van der Waals surface area contributed by atoms with Gasteiger partial charge in [-0.15, -0.1) is 0 Å². The van der Waals surface area contributed by atoms with Crippen LogP contribution in [0.4, 0.5) is 0 Å². The van der Waals surface area contributed by atoms with Gasteiger partial charge in [0.1, 0.15) is 12.4 Å². The lowest BCUT2D eigenvalue weighted by molar-refractivity contribution is -0.188. The Labute approximate surface area is 202 Å². The van der Waals surface area contributed by atoms with Crippen LogP contribution < -0.4 is 16.5 Å². The second kappa shape index (κ2) is 7.75. The molecule has 0 saturated carbocycles. The van der Waals surface area contributed by atoms with Gasteiger partial charge in [0.15, 0.2) is 0 Å². The number of nitrogens with two attached hydrogens (primary N) is 1. The van der Waals surface area contributed by atoms with Crippen molar-refractivity contribution in [2.45, 2.75) is 51.7 Å². The van der Waals surface area contributed by atoms with Crippen molar-refractivity contribution >= 4 is 36.1 Å². The van der Waals surface area contributed by atoms with Gasteiger partial charge >= 0.3 is 11.9 Å². The molecule has 182 valence electrons. The van der Waals surface area contributed by atoms with Crippen molar-refractivity contribution in [3.63, 3.8) is 0 Å². The van der Waals surface area contributed by atoms with Crippen LogP contribution in [0.5, 0.6) is 5.75 Å². The Morgan fingerprint density at radius 2 is 2.00 bits per heavy atom. The van der Waals surface area contributed by atoms with Crippen LogP contribution in [0.1, 0.15) is 30.0 Å². The van der Waals surface area contributed by atoms with Gasteiger partial charge in [-0.05, 0) is 41.4 Å². The molecule has 0 fully saturated rings. The topological polar surface area (TPSA) is 134 Å². The molecule has 1 aromatic carbocycles. The molecule has 4 heterocycles. The summed E-state index contributed by atoms with van der Waals surface area (Å²) in [6.45, 7) is 8.05.